The van der Waals surface area contributed by atoms with E-state index in [4.69, 9.17) is 17.7 Å². The van der Waals surface area contributed by atoms with Crippen LogP contribution in [0.4, 0.5) is 0 Å². The molecule has 0 atom stereocenters. The molecule has 0 saturated heterocycles. The Hall–Kier alpha value is -2.88. The van der Waals surface area contributed by atoms with Crippen LogP contribution < -0.4 is 0 Å². The zero-order valence-electron chi connectivity index (χ0n) is 16.6. The van der Waals surface area contributed by atoms with Gasteiger partial charge in [-0.25, -0.2) is 0 Å². The summed E-state index contributed by atoms with van der Waals surface area (Å²) in [4.78, 5) is 0. The monoisotopic (exact) mass is 376 g/mol. The highest BCUT2D eigenvalue weighted by Gasteiger charge is 2.26. The van der Waals surface area contributed by atoms with Gasteiger partial charge in [0.15, 0.2) is 0 Å². The molecular weight excluding hydrogens is 352 g/mol. The maximum absolute atomic E-state index is 6.18. The largest absolute Gasteiger partial charge is 0.465 e. The van der Waals surface area contributed by atoms with Crippen LogP contribution in [0.3, 0.4) is 0 Å². The van der Waals surface area contributed by atoms with E-state index in [0.29, 0.717) is 0 Å². The molecule has 1 aliphatic heterocycles. The van der Waals surface area contributed by atoms with Crippen LogP contribution in [0, 0.1) is 0 Å². The molecule has 0 N–H and O–H groups in total. The summed E-state index contributed by atoms with van der Waals surface area (Å²) in [6, 6.07) is 16.3. The zero-order chi connectivity index (χ0) is 19.4. The molecule has 0 aliphatic carbocycles. The van der Waals surface area contributed by atoms with Gasteiger partial charge in [-0.3, -0.25) is 0 Å². The molecule has 4 aromatic rings. The van der Waals surface area contributed by atoms with E-state index in [9.17, 15) is 0 Å². The summed E-state index contributed by atoms with van der Waals surface area (Å²) in [5, 5.41) is 0. The molecule has 0 radical (unpaired) electrons. The average molecular weight is 376 g/mol. The van der Waals surface area contributed by atoms with Gasteiger partial charge in [-0.2, -0.15) is 0 Å². The summed E-state index contributed by atoms with van der Waals surface area (Å²) in [6.07, 6.45) is 0. The smallest absolute Gasteiger partial charge is 0.114 e. The van der Waals surface area contributed by atoms with Crippen LogP contribution in [0.2, 0.25) is 0 Å². The first-order valence-corrected chi connectivity index (χ1v) is 9.89. The minimum absolute atomic E-state index is 0.0363. The van der Waals surface area contributed by atoms with Gasteiger partial charge in [0, 0.05) is 0 Å². The summed E-state index contributed by atoms with van der Waals surface area (Å²) >= 11 is 0. The van der Waals surface area contributed by atoms with E-state index in [1.165, 1.54) is 0 Å². The third kappa shape index (κ3) is 2.67. The Kier molecular flexibility index (Phi) is 3.90. The highest BCUT2D eigenvalue weighted by molar-refractivity contribution is 5.30. The highest BCUT2D eigenvalue weighted by atomic mass is 16.4. The first kappa shape index (κ1) is 17.2. The number of fused-ring (bicyclic) bond motifs is 8. The van der Waals surface area contributed by atoms with Gasteiger partial charge in [-0.1, -0.05) is 0 Å². The number of hydrogen-bond donors (Lipinski definition) is 0. The van der Waals surface area contributed by atoms with Gasteiger partial charge in [-0.15, -0.1) is 0 Å². The van der Waals surface area contributed by atoms with Gasteiger partial charge in [0.1, 0.15) is 46.1 Å². The van der Waals surface area contributed by atoms with E-state index in [1.807, 2.05) is 48.5 Å². The van der Waals surface area contributed by atoms with Crippen LogP contribution in [0.5, 0.6) is 0 Å². The van der Waals surface area contributed by atoms with Gasteiger partial charge in [0.05, 0.1) is 23.7 Å². The molecule has 4 nitrogen and oxygen atoms in total. The van der Waals surface area contributed by atoms with Crippen LogP contribution >= 0.6 is 0 Å². The quantitative estimate of drug-likeness (QED) is 0.332. The molecule has 144 valence electrons. The van der Waals surface area contributed by atoms with Crippen LogP contribution in [-0.4, -0.2) is 0 Å². The lowest BCUT2D eigenvalue weighted by molar-refractivity contribution is 0.358. The third-order valence-electron chi connectivity index (χ3n) is 6.00. The molecule has 0 saturated carbocycles. The van der Waals surface area contributed by atoms with Gasteiger partial charge < -0.3 is 17.7 Å². The molecule has 5 rings (SSSR count). The van der Waals surface area contributed by atoms with Crippen molar-refractivity contribution in [3.63, 3.8) is 0 Å². The Labute approximate surface area is 164 Å². The molecule has 0 unspecified atom stereocenters. The second-order valence-electron chi connectivity index (χ2n) is 7.85. The van der Waals surface area contributed by atoms with Crippen molar-refractivity contribution in [2.45, 2.75) is 51.4 Å². The van der Waals surface area contributed by atoms with Crippen molar-refractivity contribution >= 4 is 0 Å². The Morgan fingerprint density at radius 2 is 0.500 bits per heavy atom. The fraction of sp³-hybridized carbons (Fsp3) is 0.333. The molecule has 28 heavy (non-hydrogen) atoms. The van der Waals surface area contributed by atoms with Crippen molar-refractivity contribution in [1.29, 1.82) is 0 Å². The van der Waals surface area contributed by atoms with Crippen LogP contribution in [-0.2, 0) is 0 Å². The maximum Gasteiger partial charge on any atom is 0.114 e. The minimum Gasteiger partial charge on any atom is -0.465 e. The van der Waals surface area contributed by atoms with Crippen molar-refractivity contribution < 1.29 is 17.7 Å². The normalized spacial score (nSPS) is 24.4. The molecule has 1 aliphatic rings. The summed E-state index contributed by atoms with van der Waals surface area (Å²) in [6.45, 7) is 8.39. The van der Waals surface area contributed by atoms with Crippen molar-refractivity contribution in [3.05, 3.63) is 94.6 Å². The van der Waals surface area contributed by atoms with E-state index in [0.717, 1.165) is 46.1 Å². The predicted octanol–water partition coefficient (Wildman–Crippen LogP) is 6.98. The zero-order valence-corrected chi connectivity index (χ0v) is 16.6. The van der Waals surface area contributed by atoms with Crippen LogP contribution in [0.25, 0.3) is 0 Å². The Morgan fingerprint density at radius 3 is 0.643 bits per heavy atom. The number of hydrogen-bond acceptors (Lipinski definition) is 4. The molecular formula is C24H24O4. The van der Waals surface area contributed by atoms with Crippen LogP contribution in [0.15, 0.2) is 66.2 Å². The summed E-state index contributed by atoms with van der Waals surface area (Å²) in [5.41, 5.74) is 0. The molecule has 4 heteroatoms. The molecule has 5 heterocycles. The molecule has 0 aromatic carbocycles. The van der Waals surface area contributed by atoms with Gasteiger partial charge in [0.25, 0.3) is 0 Å². The molecule has 0 spiro atoms. The van der Waals surface area contributed by atoms with E-state index < -0.39 is 0 Å². The van der Waals surface area contributed by atoms with Gasteiger partial charge in [-0.05, 0) is 76.2 Å². The standard InChI is InChI=1S/C24H24O4/c1-13-17-5-7-19(25-17)14(2)21-9-11-23(27-21)16(4)24-12-10-22(28-24)15(3)20-8-6-18(13)26-20/h5-16H,1-4H3. The lowest BCUT2D eigenvalue weighted by atomic mass is 10.1. The SMILES string of the molecule is CC1c2ccc(o2)C(C)c2ccc(o2)C(C)c2ccc(o2)C(C)c2ccc1o2. The lowest BCUT2D eigenvalue weighted by Gasteiger charge is -2.11. The summed E-state index contributed by atoms with van der Waals surface area (Å²) < 4.78 is 24.7. The molecule has 8 bridgehead atoms. The van der Waals surface area contributed by atoms with Crippen molar-refractivity contribution in [1.82, 2.24) is 0 Å². The van der Waals surface area contributed by atoms with Crippen molar-refractivity contribution in [2.24, 2.45) is 0 Å². The highest BCUT2D eigenvalue weighted by Crippen LogP contribution is 2.37. The Balaban J connectivity index is 1.65. The number of furan rings is 4. The van der Waals surface area contributed by atoms with E-state index in [-0.39, 0.29) is 23.7 Å². The third-order valence-corrected chi connectivity index (χ3v) is 6.00. The van der Waals surface area contributed by atoms with E-state index >= 15 is 0 Å². The van der Waals surface area contributed by atoms with Gasteiger partial charge >= 0.3 is 0 Å². The Morgan fingerprint density at radius 1 is 0.357 bits per heavy atom. The van der Waals surface area contributed by atoms with Crippen molar-refractivity contribution in [3.8, 4) is 0 Å². The molecule has 4 aromatic heterocycles. The average Bonchev–Trinajstić information content (AvgIpc) is 3.49. The Bertz CT molecular complexity index is 854. The first-order chi connectivity index (χ1) is 13.5. The second kappa shape index (κ2) is 6.33. The maximum atomic E-state index is 6.18. The van der Waals surface area contributed by atoms with Crippen molar-refractivity contribution in [2.75, 3.05) is 0 Å². The van der Waals surface area contributed by atoms with Crippen LogP contribution in [0.1, 0.15) is 97.4 Å². The van der Waals surface area contributed by atoms with E-state index in [2.05, 4.69) is 27.7 Å². The summed E-state index contributed by atoms with van der Waals surface area (Å²) in [5.74, 6) is 7.28. The topological polar surface area (TPSA) is 52.6 Å². The van der Waals surface area contributed by atoms with Gasteiger partial charge in [0.2, 0.25) is 0 Å². The minimum atomic E-state index is 0.0363. The fourth-order valence-corrected chi connectivity index (χ4v) is 3.90. The fourth-order valence-electron chi connectivity index (χ4n) is 3.90. The molecule has 0 amide bonds. The lowest BCUT2D eigenvalue weighted by Crippen LogP contribution is -1.96. The van der Waals surface area contributed by atoms with E-state index in [1.54, 1.807) is 0 Å². The summed E-state index contributed by atoms with van der Waals surface area (Å²) in [7, 11) is 0. The second-order valence-corrected chi connectivity index (χ2v) is 7.85. The predicted molar refractivity (Wildman–Crippen MR) is 105 cm³/mol. The first-order valence-electron chi connectivity index (χ1n) is 9.89. The number of rotatable bonds is 0. The molecule has 0 fully saturated rings.